The number of esters is 1. The van der Waals surface area contributed by atoms with Crippen LogP contribution >= 0.6 is 0 Å². The third-order valence-electron chi connectivity index (χ3n) is 3.58. The largest absolute Gasteiger partial charge is 0.467 e. The van der Waals surface area contributed by atoms with Crippen molar-refractivity contribution in [3.63, 3.8) is 0 Å². The van der Waals surface area contributed by atoms with Crippen LogP contribution in [0.4, 0.5) is 0 Å². The Hall–Kier alpha value is -2.96. The summed E-state index contributed by atoms with van der Waals surface area (Å²) < 4.78 is 4.77. The molecular weight excluding hydrogens is 310 g/mol. The highest BCUT2D eigenvalue weighted by Crippen LogP contribution is 2.08. The van der Waals surface area contributed by atoms with Crippen LogP contribution in [0.25, 0.3) is 0 Å². The molecule has 2 heterocycles. The molecule has 1 amide bonds. The number of aryl methyl sites for hydroxylation is 1. The van der Waals surface area contributed by atoms with E-state index in [-0.39, 0.29) is 12.0 Å². The van der Waals surface area contributed by atoms with Gasteiger partial charge >= 0.3 is 5.97 Å². The maximum atomic E-state index is 12.5. The molecule has 0 saturated heterocycles. The van der Waals surface area contributed by atoms with Gasteiger partial charge in [-0.15, -0.1) is 0 Å². The molecule has 0 unspecified atom stereocenters. The Balaban J connectivity index is 2.21. The average molecular weight is 329 g/mol. The van der Waals surface area contributed by atoms with Crippen molar-refractivity contribution >= 4 is 11.9 Å². The molecule has 7 heteroatoms. The zero-order chi connectivity index (χ0) is 17.5. The molecule has 0 fully saturated rings. The van der Waals surface area contributed by atoms with E-state index in [2.05, 4.69) is 15.3 Å². The minimum atomic E-state index is -0.832. The molecule has 2 aromatic heterocycles. The van der Waals surface area contributed by atoms with Crippen molar-refractivity contribution in [2.45, 2.75) is 25.8 Å². The summed E-state index contributed by atoms with van der Waals surface area (Å²) in [4.78, 5) is 42.4. The third kappa shape index (κ3) is 4.28. The van der Waals surface area contributed by atoms with Gasteiger partial charge < -0.3 is 15.0 Å². The van der Waals surface area contributed by atoms with Crippen LogP contribution in [0.15, 0.2) is 41.5 Å². The van der Waals surface area contributed by atoms with Crippen molar-refractivity contribution in [3.05, 3.63) is 63.8 Å². The molecule has 1 atom stereocenters. The van der Waals surface area contributed by atoms with Gasteiger partial charge in [-0.1, -0.05) is 6.92 Å². The Morgan fingerprint density at radius 2 is 1.96 bits per heavy atom. The molecule has 126 valence electrons. The standard InChI is InChI=1S/C17H19N3O4/c1-3-13-12(4-5-15(21)19-13)16(22)20-14(17(23)24-2)10-11-6-8-18-9-7-11/h4-9,14H,3,10H2,1-2H3,(H,19,21)(H,20,22)/t14-/m1/s1. The summed E-state index contributed by atoms with van der Waals surface area (Å²) in [6, 6.07) is 5.43. The fourth-order valence-electron chi connectivity index (χ4n) is 2.34. The average Bonchev–Trinajstić information content (AvgIpc) is 2.61. The Labute approximate surface area is 139 Å². The van der Waals surface area contributed by atoms with Crippen LogP contribution in [0.3, 0.4) is 0 Å². The fourth-order valence-corrected chi connectivity index (χ4v) is 2.34. The Bertz CT molecular complexity index is 771. The summed E-state index contributed by atoms with van der Waals surface area (Å²) in [5.74, 6) is -0.977. The minimum absolute atomic E-state index is 0.273. The monoisotopic (exact) mass is 329 g/mol. The first-order chi connectivity index (χ1) is 11.5. The molecule has 24 heavy (non-hydrogen) atoms. The normalized spacial score (nSPS) is 11.6. The summed E-state index contributed by atoms with van der Waals surface area (Å²) in [6.07, 6.45) is 4.00. The lowest BCUT2D eigenvalue weighted by atomic mass is 10.1. The number of aromatic amines is 1. The molecule has 7 nitrogen and oxygen atoms in total. The van der Waals surface area contributed by atoms with Gasteiger partial charge in [-0.25, -0.2) is 4.79 Å². The highest BCUT2D eigenvalue weighted by atomic mass is 16.5. The molecule has 0 aliphatic heterocycles. The van der Waals surface area contributed by atoms with Crippen LogP contribution in [0.2, 0.25) is 0 Å². The van der Waals surface area contributed by atoms with E-state index >= 15 is 0 Å². The molecule has 0 aliphatic rings. The summed E-state index contributed by atoms with van der Waals surface area (Å²) >= 11 is 0. The highest BCUT2D eigenvalue weighted by molar-refractivity contribution is 5.97. The fraction of sp³-hybridized carbons (Fsp3) is 0.294. The number of carbonyl (C=O) groups is 2. The van der Waals surface area contributed by atoms with Crippen molar-refractivity contribution < 1.29 is 14.3 Å². The van der Waals surface area contributed by atoms with Gasteiger partial charge in [0.15, 0.2) is 0 Å². The number of nitrogens with one attached hydrogen (secondary N) is 2. The van der Waals surface area contributed by atoms with E-state index in [9.17, 15) is 14.4 Å². The van der Waals surface area contributed by atoms with E-state index in [0.29, 0.717) is 17.7 Å². The summed E-state index contributed by atoms with van der Waals surface area (Å²) in [5.41, 5.74) is 1.43. The molecular formula is C17H19N3O4. The second kappa shape index (κ2) is 8.05. The van der Waals surface area contributed by atoms with Crippen molar-refractivity contribution in [1.82, 2.24) is 15.3 Å². The van der Waals surface area contributed by atoms with Gasteiger partial charge in [-0.2, -0.15) is 0 Å². The number of nitrogens with zero attached hydrogens (tertiary/aromatic N) is 1. The van der Waals surface area contributed by atoms with Crippen molar-refractivity contribution in [3.8, 4) is 0 Å². The molecule has 0 radical (unpaired) electrons. The van der Waals surface area contributed by atoms with E-state index < -0.39 is 17.9 Å². The first-order valence-electron chi connectivity index (χ1n) is 7.55. The van der Waals surface area contributed by atoms with Gasteiger partial charge in [0.05, 0.1) is 12.7 Å². The molecule has 0 aromatic carbocycles. The summed E-state index contributed by atoms with van der Waals surface area (Å²) in [6.45, 7) is 1.83. The lowest BCUT2D eigenvalue weighted by molar-refractivity contribution is -0.142. The number of aromatic nitrogens is 2. The number of amides is 1. The topological polar surface area (TPSA) is 101 Å². The zero-order valence-electron chi connectivity index (χ0n) is 13.5. The number of pyridine rings is 2. The number of carbonyl (C=O) groups excluding carboxylic acids is 2. The highest BCUT2D eigenvalue weighted by Gasteiger charge is 2.23. The minimum Gasteiger partial charge on any atom is -0.467 e. The second-order valence-electron chi connectivity index (χ2n) is 5.18. The molecule has 0 saturated carbocycles. The molecule has 2 aromatic rings. The number of H-pyrrole nitrogens is 1. The van der Waals surface area contributed by atoms with Crippen LogP contribution < -0.4 is 10.9 Å². The van der Waals surface area contributed by atoms with E-state index in [0.717, 1.165) is 5.56 Å². The summed E-state index contributed by atoms with van der Waals surface area (Å²) in [7, 11) is 1.27. The number of methoxy groups -OCH3 is 1. The molecule has 0 aliphatic carbocycles. The van der Waals surface area contributed by atoms with Crippen molar-refractivity contribution in [1.29, 1.82) is 0 Å². The van der Waals surface area contributed by atoms with Crippen LogP contribution in [0.5, 0.6) is 0 Å². The van der Waals surface area contributed by atoms with E-state index in [1.807, 2.05) is 6.92 Å². The quantitative estimate of drug-likeness (QED) is 0.765. The van der Waals surface area contributed by atoms with Crippen LogP contribution in [-0.2, 0) is 22.4 Å². The van der Waals surface area contributed by atoms with E-state index in [1.54, 1.807) is 24.5 Å². The number of rotatable bonds is 6. The van der Waals surface area contributed by atoms with Gasteiger partial charge in [-0.05, 0) is 30.2 Å². The van der Waals surface area contributed by atoms with Gasteiger partial charge in [0, 0.05) is 30.6 Å². The lowest BCUT2D eigenvalue weighted by Crippen LogP contribution is -2.43. The van der Waals surface area contributed by atoms with Crippen LogP contribution in [0.1, 0.15) is 28.5 Å². The first-order valence-corrected chi connectivity index (χ1v) is 7.55. The van der Waals surface area contributed by atoms with Gasteiger partial charge in [0.25, 0.3) is 5.91 Å². The predicted octanol–water partition coefficient (Wildman–Crippen LogP) is 0.846. The number of hydrogen-bond donors (Lipinski definition) is 2. The van der Waals surface area contributed by atoms with Crippen molar-refractivity contribution in [2.75, 3.05) is 7.11 Å². The lowest BCUT2D eigenvalue weighted by Gasteiger charge is -2.17. The smallest absolute Gasteiger partial charge is 0.328 e. The maximum Gasteiger partial charge on any atom is 0.328 e. The van der Waals surface area contributed by atoms with Crippen LogP contribution in [-0.4, -0.2) is 35.0 Å². The van der Waals surface area contributed by atoms with Crippen molar-refractivity contribution in [2.24, 2.45) is 0 Å². The summed E-state index contributed by atoms with van der Waals surface area (Å²) in [5, 5.41) is 2.67. The Kier molecular flexibility index (Phi) is 5.83. The van der Waals surface area contributed by atoms with Gasteiger partial charge in [0.2, 0.25) is 5.56 Å². The Morgan fingerprint density at radius 3 is 2.58 bits per heavy atom. The molecule has 2 N–H and O–H groups in total. The van der Waals surface area contributed by atoms with E-state index in [4.69, 9.17) is 4.74 Å². The van der Waals surface area contributed by atoms with Crippen LogP contribution in [0, 0.1) is 0 Å². The number of hydrogen-bond acceptors (Lipinski definition) is 5. The molecule has 0 bridgehead atoms. The third-order valence-corrected chi connectivity index (χ3v) is 3.58. The predicted molar refractivity (Wildman–Crippen MR) is 87.7 cm³/mol. The SMILES string of the molecule is CCc1[nH]c(=O)ccc1C(=O)N[C@H](Cc1ccncc1)C(=O)OC. The van der Waals surface area contributed by atoms with E-state index in [1.165, 1.54) is 19.2 Å². The second-order valence-corrected chi connectivity index (χ2v) is 5.18. The first kappa shape index (κ1) is 17.4. The molecule has 2 rings (SSSR count). The Morgan fingerprint density at radius 1 is 1.25 bits per heavy atom. The zero-order valence-corrected chi connectivity index (χ0v) is 13.5. The maximum absolute atomic E-state index is 12.5. The van der Waals surface area contributed by atoms with Gasteiger partial charge in [-0.3, -0.25) is 14.6 Å². The molecule has 0 spiro atoms. The number of ether oxygens (including phenoxy) is 1. The van der Waals surface area contributed by atoms with Gasteiger partial charge in [0.1, 0.15) is 6.04 Å².